The smallest absolute Gasteiger partial charge is 0.0715 e. The highest BCUT2D eigenvalue weighted by Crippen LogP contribution is 2.58. The fourth-order valence-electron chi connectivity index (χ4n) is 9.57. The predicted octanol–water partition coefficient (Wildman–Crippen LogP) is 15.3. The van der Waals surface area contributed by atoms with Gasteiger partial charge in [-0.15, -0.1) is 0 Å². The van der Waals surface area contributed by atoms with Crippen LogP contribution in [0.3, 0.4) is 0 Å². The number of para-hydroxylation sites is 3. The molecule has 278 valence electrons. The van der Waals surface area contributed by atoms with Gasteiger partial charge in [0.1, 0.15) is 0 Å². The van der Waals surface area contributed by atoms with Gasteiger partial charge in [0, 0.05) is 33.8 Å². The third-order valence-electron chi connectivity index (χ3n) is 12.1. The summed E-state index contributed by atoms with van der Waals surface area (Å²) >= 11 is 0. The summed E-state index contributed by atoms with van der Waals surface area (Å²) in [5, 5.41) is 4.95. The number of benzene rings is 10. The highest BCUT2D eigenvalue weighted by Gasteiger charge is 2.47. The van der Waals surface area contributed by atoms with Gasteiger partial charge < -0.3 is 9.80 Å². The van der Waals surface area contributed by atoms with Crippen LogP contribution in [0.15, 0.2) is 243 Å². The van der Waals surface area contributed by atoms with Crippen molar-refractivity contribution in [2.45, 2.75) is 5.41 Å². The van der Waals surface area contributed by atoms with Crippen molar-refractivity contribution < 1.29 is 0 Å². The Morgan fingerprint density at radius 2 is 0.712 bits per heavy atom. The monoisotopic (exact) mass is 752 g/mol. The molecule has 0 N–H and O–H groups in total. The van der Waals surface area contributed by atoms with E-state index in [2.05, 4.69) is 252 Å². The molecule has 0 radical (unpaired) electrons. The third-order valence-corrected chi connectivity index (χ3v) is 12.1. The minimum absolute atomic E-state index is 0.616. The lowest BCUT2D eigenvalue weighted by Crippen LogP contribution is -2.29. The number of anilines is 6. The SMILES string of the molecule is c1ccc(N(c2ccccc2)c2ccc3c(c2)C(c2ccccc2)(c2ccccc2)c2cc(N(c4ccccc4)c4cccc5c4ccc4ccccc45)ccc2-3)cc1. The van der Waals surface area contributed by atoms with E-state index in [1.807, 2.05) is 0 Å². The van der Waals surface area contributed by atoms with Crippen LogP contribution in [-0.2, 0) is 5.41 Å². The Morgan fingerprint density at radius 1 is 0.271 bits per heavy atom. The molecule has 0 aliphatic heterocycles. The molecule has 0 atom stereocenters. The molecule has 2 heteroatoms. The molecule has 0 spiro atoms. The highest BCUT2D eigenvalue weighted by atomic mass is 15.1. The molecule has 1 aliphatic carbocycles. The first-order valence-corrected chi connectivity index (χ1v) is 20.4. The first-order chi connectivity index (χ1) is 29.3. The Bertz CT molecular complexity index is 3010. The average Bonchev–Trinajstić information content (AvgIpc) is 3.60. The highest BCUT2D eigenvalue weighted by molar-refractivity contribution is 6.12. The minimum Gasteiger partial charge on any atom is -0.310 e. The largest absolute Gasteiger partial charge is 0.310 e. The molecule has 59 heavy (non-hydrogen) atoms. The van der Waals surface area contributed by atoms with Crippen molar-refractivity contribution in [1.29, 1.82) is 0 Å². The van der Waals surface area contributed by atoms with Crippen LogP contribution in [0.5, 0.6) is 0 Å². The van der Waals surface area contributed by atoms with Gasteiger partial charge in [0.2, 0.25) is 0 Å². The van der Waals surface area contributed by atoms with Crippen molar-refractivity contribution in [2.24, 2.45) is 0 Å². The van der Waals surface area contributed by atoms with E-state index in [4.69, 9.17) is 0 Å². The van der Waals surface area contributed by atoms with Crippen molar-refractivity contribution in [1.82, 2.24) is 0 Å². The van der Waals surface area contributed by atoms with Crippen LogP contribution in [0.1, 0.15) is 22.3 Å². The van der Waals surface area contributed by atoms with E-state index in [0.717, 1.165) is 34.1 Å². The molecule has 0 bridgehead atoms. The normalized spacial score (nSPS) is 12.5. The van der Waals surface area contributed by atoms with E-state index in [1.54, 1.807) is 0 Å². The van der Waals surface area contributed by atoms with Gasteiger partial charge in [-0.2, -0.15) is 0 Å². The molecule has 0 fully saturated rings. The molecule has 10 aromatic carbocycles. The zero-order valence-electron chi connectivity index (χ0n) is 32.5. The van der Waals surface area contributed by atoms with Crippen LogP contribution < -0.4 is 9.80 Å². The average molecular weight is 753 g/mol. The lowest BCUT2D eigenvalue weighted by Gasteiger charge is -2.35. The van der Waals surface area contributed by atoms with Gasteiger partial charge in [-0.3, -0.25) is 0 Å². The molecular formula is C57H40N2. The van der Waals surface area contributed by atoms with E-state index < -0.39 is 5.41 Å². The van der Waals surface area contributed by atoms with Crippen LogP contribution in [-0.4, -0.2) is 0 Å². The second-order valence-corrected chi connectivity index (χ2v) is 15.3. The Labute approximate surface area is 345 Å². The van der Waals surface area contributed by atoms with E-state index in [0.29, 0.717) is 0 Å². The van der Waals surface area contributed by atoms with Gasteiger partial charge in [-0.05, 0) is 116 Å². The predicted molar refractivity (Wildman–Crippen MR) is 248 cm³/mol. The first kappa shape index (κ1) is 34.6. The number of hydrogen-bond donors (Lipinski definition) is 0. The Kier molecular flexibility index (Phi) is 8.41. The molecule has 2 nitrogen and oxygen atoms in total. The van der Waals surface area contributed by atoms with Crippen LogP contribution in [0.25, 0.3) is 32.7 Å². The third kappa shape index (κ3) is 5.64. The van der Waals surface area contributed by atoms with Crippen molar-refractivity contribution in [3.63, 3.8) is 0 Å². The molecule has 0 saturated carbocycles. The standard InChI is InChI=1S/C57H40N2/c1-6-20-42(21-7-1)57(43-22-8-2-9-23-43)54-39-47(58(44-24-10-3-11-25-44)45-26-12-4-13-27-45)34-37-51(54)52-38-35-48(40-55(52)57)59(46-28-14-5-15-29-46)56-32-18-31-50-49-30-17-16-19-41(49)33-36-53(50)56/h1-40H. The van der Waals surface area contributed by atoms with Crippen molar-refractivity contribution >= 4 is 55.7 Å². The summed E-state index contributed by atoms with van der Waals surface area (Å²) in [5.74, 6) is 0. The van der Waals surface area contributed by atoms with E-state index >= 15 is 0 Å². The summed E-state index contributed by atoms with van der Waals surface area (Å²) < 4.78 is 0. The molecule has 0 saturated heterocycles. The van der Waals surface area contributed by atoms with Gasteiger partial charge >= 0.3 is 0 Å². The quantitative estimate of drug-likeness (QED) is 0.143. The number of hydrogen-bond acceptors (Lipinski definition) is 2. The Hall–Kier alpha value is -7.68. The van der Waals surface area contributed by atoms with E-state index in [9.17, 15) is 0 Å². The maximum Gasteiger partial charge on any atom is 0.0715 e. The van der Waals surface area contributed by atoms with Crippen LogP contribution >= 0.6 is 0 Å². The van der Waals surface area contributed by atoms with Gasteiger partial charge in [-0.1, -0.05) is 176 Å². The Morgan fingerprint density at radius 3 is 1.25 bits per heavy atom. The van der Waals surface area contributed by atoms with Crippen LogP contribution in [0, 0.1) is 0 Å². The lowest BCUT2D eigenvalue weighted by molar-refractivity contribution is 0.768. The van der Waals surface area contributed by atoms with Crippen molar-refractivity contribution in [3.8, 4) is 11.1 Å². The molecule has 1 aliphatic rings. The summed E-state index contributed by atoms with van der Waals surface area (Å²) in [6.45, 7) is 0. The topological polar surface area (TPSA) is 6.48 Å². The maximum atomic E-state index is 2.47. The molecule has 0 unspecified atom stereocenters. The van der Waals surface area contributed by atoms with Gasteiger partial charge in [0.25, 0.3) is 0 Å². The number of nitrogens with zero attached hydrogens (tertiary/aromatic N) is 2. The van der Waals surface area contributed by atoms with Gasteiger partial charge in [-0.25, -0.2) is 0 Å². The number of rotatable bonds is 8. The zero-order chi connectivity index (χ0) is 39.2. The molecule has 10 aromatic rings. The van der Waals surface area contributed by atoms with E-state index in [1.165, 1.54) is 54.9 Å². The second-order valence-electron chi connectivity index (χ2n) is 15.3. The summed E-state index contributed by atoms with van der Waals surface area (Å²) in [6.07, 6.45) is 0. The van der Waals surface area contributed by atoms with Gasteiger partial charge in [0.05, 0.1) is 11.1 Å². The molecule has 0 heterocycles. The zero-order valence-corrected chi connectivity index (χ0v) is 32.5. The minimum atomic E-state index is -0.616. The van der Waals surface area contributed by atoms with Crippen LogP contribution in [0.2, 0.25) is 0 Å². The molecule has 11 rings (SSSR count). The van der Waals surface area contributed by atoms with E-state index in [-0.39, 0.29) is 0 Å². The summed E-state index contributed by atoms with van der Waals surface area (Å²) in [5.41, 5.74) is 13.6. The fourth-order valence-corrected chi connectivity index (χ4v) is 9.57. The molecule has 0 amide bonds. The summed E-state index contributed by atoms with van der Waals surface area (Å²) in [7, 11) is 0. The summed E-state index contributed by atoms with van der Waals surface area (Å²) in [6, 6.07) is 88.6. The van der Waals surface area contributed by atoms with Gasteiger partial charge in [0.15, 0.2) is 0 Å². The molecule has 0 aromatic heterocycles. The molecular weight excluding hydrogens is 713 g/mol. The van der Waals surface area contributed by atoms with Crippen molar-refractivity contribution in [3.05, 3.63) is 265 Å². The Balaban J connectivity index is 1.19. The van der Waals surface area contributed by atoms with Crippen LogP contribution in [0.4, 0.5) is 34.1 Å². The first-order valence-electron chi connectivity index (χ1n) is 20.4. The second kappa shape index (κ2) is 14.4. The summed E-state index contributed by atoms with van der Waals surface area (Å²) in [4.78, 5) is 4.82. The number of fused-ring (bicyclic) bond motifs is 6. The lowest BCUT2D eigenvalue weighted by atomic mass is 9.67. The maximum absolute atomic E-state index is 2.47. The van der Waals surface area contributed by atoms with Crippen molar-refractivity contribution in [2.75, 3.05) is 9.80 Å². The fraction of sp³-hybridized carbons (Fsp3) is 0.0175.